The molecule has 1 atom stereocenters. The predicted octanol–water partition coefficient (Wildman–Crippen LogP) is 2.70. The zero-order valence-electron chi connectivity index (χ0n) is 11.9. The third kappa shape index (κ3) is 1.91. The van der Waals surface area contributed by atoms with Crippen LogP contribution in [0.2, 0.25) is 0 Å². The molecule has 4 heteroatoms. The number of hydrogen-bond donors (Lipinski definition) is 3. The molecule has 108 valence electrons. The molecular formula is C17H17NO3. The summed E-state index contributed by atoms with van der Waals surface area (Å²) in [5.41, 5.74) is 0.330. The van der Waals surface area contributed by atoms with Gasteiger partial charge < -0.3 is 15.5 Å². The first kappa shape index (κ1) is 13.6. The van der Waals surface area contributed by atoms with E-state index >= 15 is 0 Å². The highest BCUT2D eigenvalue weighted by Crippen LogP contribution is 2.44. The average Bonchev–Trinajstić information content (AvgIpc) is 2.71. The van der Waals surface area contributed by atoms with Gasteiger partial charge in [-0.2, -0.15) is 0 Å². The molecule has 0 aliphatic carbocycles. The van der Waals surface area contributed by atoms with Crippen molar-refractivity contribution in [2.75, 3.05) is 5.32 Å². The van der Waals surface area contributed by atoms with Gasteiger partial charge in [-0.05, 0) is 23.6 Å². The summed E-state index contributed by atoms with van der Waals surface area (Å²) in [7, 11) is 0. The second-order valence-electron chi connectivity index (χ2n) is 5.64. The van der Waals surface area contributed by atoms with Crippen LogP contribution in [0.1, 0.15) is 36.5 Å². The number of amides is 1. The number of carbonyl (C=O) groups is 1. The highest BCUT2D eigenvalue weighted by molar-refractivity contribution is 6.07. The molecule has 2 aromatic carbocycles. The molecule has 3 N–H and O–H groups in total. The Balaban J connectivity index is 2.18. The molecule has 0 saturated heterocycles. The Bertz CT molecular complexity index is 724. The van der Waals surface area contributed by atoms with E-state index in [2.05, 4.69) is 5.32 Å². The smallest absolute Gasteiger partial charge is 0.266 e. The first-order valence-corrected chi connectivity index (χ1v) is 6.91. The molecule has 0 aromatic heterocycles. The fourth-order valence-corrected chi connectivity index (χ4v) is 2.72. The summed E-state index contributed by atoms with van der Waals surface area (Å²) in [6.07, 6.45) is 0. The van der Waals surface area contributed by atoms with Crippen molar-refractivity contribution in [1.82, 2.24) is 0 Å². The van der Waals surface area contributed by atoms with Gasteiger partial charge in [0.15, 0.2) is 5.60 Å². The summed E-state index contributed by atoms with van der Waals surface area (Å²) >= 11 is 0. The van der Waals surface area contributed by atoms with Gasteiger partial charge in [0.2, 0.25) is 0 Å². The number of carbonyl (C=O) groups excluding carboxylic acids is 1. The van der Waals surface area contributed by atoms with Crippen LogP contribution in [0.15, 0.2) is 42.5 Å². The van der Waals surface area contributed by atoms with Crippen molar-refractivity contribution in [2.24, 2.45) is 0 Å². The number of anilines is 1. The van der Waals surface area contributed by atoms with Gasteiger partial charge in [0.05, 0.1) is 0 Å². The van der Waals surface area contributed by atoms with Crippen LogP contribution in [0.5, 0.6) is 5.75 Å². The molecule has 1 amide bonds. The van der Waals surface area contributed by atoms with E-state index in [4.69, 9.17) is 0 Å². The lowest BCUT2D eigenvalue weighted by Gasteiger charge is -2.23. The van der Waals surface area contributed by atoms with Crippen LogP contribution in [0, 0.1) is 0 Å². The molecule has 1 aliphatic heterocycles. The minimum atomic E-state index is -1.85. The quantitative estimate of drug-likeness (QED) is 0.793. The Morgan fingerprint density at radius 2 is 1.81 bits per heavy atom. The molecule has 21 heavy (non-hydrogen) atoms. The number of aliphatic hydroxyl groups is 1. The van der Waals surface area contributed by atoms with E-state index in [1.54, 1.807) is 36.4 Å². The lowest BCUT2D eigenvalue weighted by molar-refractivity contribution is -0.129. The van der Waals surface area contributed by atoms with E-state index in [9.17, 15) is 15.0 Å². The molecule has 2 aromatic rings. The van der Waals surface area contributed by atoms with Crippen molar-refractivity contribution < 1.29 is 15.0 Å². The molecule has 0 saturated carbocycles. The van der Waals surface area contributed by atoms with Crippen molar-refractivity contribution >= 4 is 11.6 Å². The maximum absolute atomic E-state index is 12.3. The summed E-state index contributed by atoms with van der Waals surface area (Å²) in [5.74, 6) is -0.365. The first-order valence-electron chi connectivity index (χ1n) is 6.91. The molecule has 0 fully saturated rings. The second-order valence-corrected chi connectivity index (χ2v) is 5.64. The average molecular weight is 283 g/mol. The Hall–Kier alpha value is -2.33. The fraction of sp³-hybridized carbons (Fsp3) is 0.235. The van der Waals surface area contributed by atoms with Crippen molar-refractivity contribution in [3.05, 3.63) is 59.2 Å². The van der Waals surface area contributed by atoms with Crippen LogP contribution in [0.25, 0.3) is 0 Å². The van der Waals surface area contributed by atoms with Gasteiger partial charge in [-0.25, -0.2) is 0 Å². The maximum atomic E-state index is 12.3. The van der Waals surface area contributed by atoms with E-state index in [0.29, 0.717) is 11.3 Å². The predicted molar refractivity (Wildman–Crippen MR) is 80.3 cm³/mol. The van der Waals surface area contributed by atoms with E-state index in [1.807, 2.05) is 19.9 Å². The third-order valence-electron chi connectivity index (χ3n) is 3.97. The largest absolute Gasteiger partial charge is 0.508 e. The highest BCUT2D eigenvalue weighted by Gasteiger charge is 2.48. The van der Waals surface area contributed by atoms with E-state index in [1.165, 1.54) is 0 Å². The Kier molecular flexibility index (Phi) is 2.99. The highest BCUT2D eigenvalue weighted by atomic mass is 16.3. The van der Waals surface area contributed by atoms with Crippen molar-refractivity contribution in [2.45, 2.75) is 25.4 Å². The summed E-state index contributed by atoms with van der Waals surface area (Å²) in [4.78, 5) is 12.3. The van der Waals surface area contributed by atoms with Crippen LogP contribution >= 0.6 is 0 Å². The van der Waals surface area contributed by atoms with Crippen LogP contribution < -0.4 is 5.32 Å². The molecule has 0 bridgehead atoms. The molecule has 0 spiro atoms. The van der Waals surface area contributed by atoms with Crippen molar-refractivity contribution in [3.8, 4) is 5.75 Å². The lowest BCUT2D eigenvalue weighted by Crippen LogP contribution is -2.35. The number of nitrogens with one attached hydrogen (secondary N) is 1. The van der Waals surface area contributed by atoms with Crippen molar-refractivity contribution in [3.63, 3.8) is 0 Å². The molecular weight excluding hydrogens is 266 g/mol. The second kappa shape index (κ2) is 4.60. The number of rotatable bonds is 2. The number of hydrogen-bond acceptors (Lipinski definition) is 3. The Labute approximate surface area is 123 Å². The number of phenols is 1. The minimum Gasteiger partial charge on any atom is -0.508 e. The molecule has 1 unspecified atom stereocenters. The summed E-state index contributed by atoms with van der Waals surface area (Å²) in [6.45, 7) is 4.03. The summed E-state index contributed by atoms with van der Waals surface area (Å²) < 4.78 is 0. The van der Waals surface area contributed by atoms with Gasteiger partial charge in [-0.1, -0.05) is 44.2 Å². The fourth-order valence-electron chi connectivity index (χ4n) is 2.72. The standard InChI is InChI=1S/C17H17NO3/c1-10(2)11-7-8-13(15(19)9-11)17(21)12-5-3-4-6-14(12)18-16(17)20/h3-10,19,21H,1-2H3,(H,18,20). The topological polar surface area (TPSA) is 69.6 Å². The molecule has 4 nitrogen and oxygen atoms in total. The van der Waals surface area contributed by atoms with E-state index in [-0.39, 0.29) is 17.2 Å². The summed E-state index contributed by atoms with van der Waals surface area (Å²) in [6, 6.07) is 12.0. The SMILES string of the molecule is CC(C)c1ccc(C2(O)C(=O)Nc3ccccc32)c(O)c1. The van der Waals surface area contributed by atoms with Crippen LogP contribution in [-0.2, 0) is 10.4 Å². The Morgan fingerprint density at radius 3 is 2.48 bits per heavy atom. The third-order valence-corrected chi connectivity index (χ3v) is 3.97. The number of aromatic hydroxyl groups is 1. The zero-order chi connectivity index (χ0) is 15.2. The monoisotopic (exact) mass is 283 g/mol. The van der Waals surface area contributed by atoms with Gasteiger partial charge in [0, 0.05) is 16.8 Å². The van der Waals surface area contributed by atoms with E-state index in [0.717, 1.165) is 5.56 Å². The molecule has 0 radical (unpaired) electrons. The number of benzene rings is 2. The van der Waals surface area contributed by atoms with Gasteiger partial charge in [0.25, 0.3) is 5.91 Å². The number of fused-ring (bicyclic) bond motifs is 1. The zero-order valence-corrected chi connectivity index (χ0v) is 11.9. The minimum absolute atomic E-state index is 0.0736. The number of para-hydroxylation sites is 1. The van der Waals surface area contributed by atoms with Gasteiger partial charge in [0.1, 0.15) is 5.75 Å². The van der Waals surface area contributed by atoms with Gasteiger partial charge >= 0.3 is 0 Å². The van der Waals surface area contributed by atoms with Gasteiger partial charge in [-0.3, -0.25) is 4.79 Å². The molecule has 1 heterocycles. The Morgan fingerprint density at radius 1 is 1.10 bits per heavy atom. The number of phenolic OH excluding ortho intramolecular Hbond substituents is 1. The molecule has 1 aliphatic rings. The summed E-state index contributed by atoms with van der Waals surface area (Å²) in [5, 5.41) is 23.8. The van der Waals surface area contributed by atoms with Crippen LogP contribution in [-0.4, -0.2) is 16.1 Å². The normalized spacial score (nSPS) is 20.5. The van der Waals surface area contributed by atoms with E-state index < -0.39 is 11.5 Å². The lowest BCUT2D eigenvalue weighted by atomic mass is 9.85. The van der Waals surface area contributed by atoms with Gasteiger partial charge in [-0.15, -0.1) is 0 Å². The molecule has 3 rings (SSSR count). The first-order chi connectivity index (χ1) is 9.94. The van der Waals surface area contributed by atoms with Crippen molar-refractivity contribution in [1.29, 1.82) is 0 Å². The van der Waals surface area contributed by atoms with Crippen LogP contribution in [0.3, 0.4) is 0 Å². The van der Waals surface area contributed by atoms with Crippen LogP contribution in [0.4, 0.5) is 5.69 Å². The maximum Gasteiger partial charge on any atom is 0.266 e.